The number of rotatable bonds is 0. The van der Waals surface area contributed by atoms with Gasteiger partial charge in [-0.25, -0.2) is 0 Å². The van der Waals surface area contributed by atoms with Crippen LogP contribution >= 0.6 is 47.0 Å². The van der Waals surface area contributed by atoms with Gasteiger partial charge in [-0.05, 0) is 0 Å². The van der Waals surface area contributed by atoms with Crippen LogP contribution < -0.4 is 0 Å². The van der Waals surface area contributed by atoms with Gasteiger partial charge in [0.15, 0.2) is 0 Å². The van der Waals surface area contributed by atoms with Crippen LogP contribution in [0.2, 0.25) is 0 Å². The van der Waals surface area contributed by atoms with Gasteiger partial charge in [-0.3, -0.25) is 0 Å². The molecule has 0 aromatic carbocycles. The summed E-state index contributed by atoms with van der Waals surface area (Å²) in [4.78, 5) is 0. The molecule has 108 valence electrons. The van der Waals surface area contributed by atoms with Crippen LogP contribution in [0.1, 0.15) is 12.8 Å². The summed E-state index contributed by atoms with van der Waals surface area (Å²) >= 11 is 11.7. The monoisotopic (exact) mass is 604 g/mol. The van der Waals surface area contributed by atoms with E-state index in [1.807, 2.05) is 22.0 Å². The molecule has 8 heteroatoms. The van der Waals surface area contributed by atoms with Crippen LogP contribution in [-0.2, 0) is 0 Å². The van der Waals surface area contributed by atoms with Crippen LogP contribution in [0.5, 0.6) is 0 Å². The molecule has 0 atom stereocenters. The van der Waals surface area contributed by atoms with Gasteiger partial charge in [0.25, 0.3) is 0 Å². The van der Waals surface area contributed by atoms with Crippen molar-refractivity contribution in [3.05, 3.63) is 22.0 Å². The fourth-order valence-corrected chi connectivity index (χ4v) is 28.6. The summed E-state index contributed by atoms with van der Waals surface area (Å²) < 4.78 is 11.2. The number of hydrogen-bond acceptors (Lipinski definition) is 4. The van der Waals surface area contributed by atoms with Gasteiger partial charge >= 0.3 is 165 Å². The molecule has 0 aromatic heterocycles. The second-order valence-electron chi connectivity index (χ2n) is 4.23. The van der Waals surface area contributed by atoms with E-state index in [4.69, 9.17) is 0 Å². The Hall–Kier alpha value is 2.70. The average Bonchev–Trinajstić information content (AvgIpc) is 2.89. The molecule has 4 rings (SSSR count). The van der Waals surface area contributed by atoms with Crippen molar-refractivity contribution in [3.8, 4) is 0 Å². The van der Waals surface area contributed by atoms with Gasteiger partial charge < -0.3 is 0 Å². The van der Waals surface area contributed by atoms with E-state index in [0.29, 0.717) is 0 Å². The number of thioether (sulfide) groups is 4. The molecule has 0 fully saturated rings. The first-order valence-corrected chi connectivity index (χ1v) is 17.1. The van der Waals surface area contributed by atoms with Crippen LogP contribution in [0, 0.1) is 0 Å². The Bertz CT molecular complexity index is 440. The van der Waals surface area contributed by atoms with E-state index in [0.717, 1.165) is 59.8 Å². The van der Waals surface area contributed by atoms with Crippen molar-refractivity contribution in [3.63, 3.8) is 0 Å². The Balaban J connectivity index is 1.50. The first kappa shape index (κ1) is 16.2. The standard InChI is InChI=1S/C12H12S4Se4/c1-3-13-7-8(14-4-1)18-11(17-7)12-19-9-10(20-12)16-6-2-5-15-9/h1-6H2. The van der Waals surface area contributed by atoms with E-state index in [1.165, 1.54) is 35.9 Å². The Labute approximate surface area is 162 Å². The quantitative estimate of drug-likeness (QED) is 0.393. The van der Waals surface area contributed by atoms with E-state index in [9.17, 15) is 0 Å². The summed E-state index contributed by atoms with van der Waals surface area (Å²) in [6, 6.07) is 0. The molecule has 0 unspecified atom stereocenters. The Kier molecular flexibility index (Phi) is 6.25. The van der Waals surface area contributed by atoms with Crippen molar-refractivity contribution < 1.29 is 0 Å². The topological polar surface area (TPSA) is 0 Å². The molecule has 0 bridgehead atoms. The third kappa shape index (κ3) is 3.68. The number of hydrogen-bond donors (Lipinski definition) is 0. The summed E-state index contributed by atoms with van der Waals surface area (Å²) in [6.45, 7) is 0. The van der Waals surface area contributed by atoms with Gasteiger partial charge in [-0.2, -0.15) is 0 Å². The minimum atomic E-state index is 0.732. The molecular formula is C12H12S4Se4. The molecule has 0 spiro atoms. The summed E-state index contributed by atoms with van der Waals surface area (Å²) in [6.07, 6.45) is 2.83. The summed E-state index contributed by atoms with van der Waals surface area (Å²) in [5.74, 6) is 5.51. The first-order valence-electron chi connectivity index (χ1n) is 6.35. The van der Waals surface area contributed by atoms with Gasteiger partial charge in [0.05, 0.1) is 0 Å². The molecule has 4 heterocycles. The molecular weight excluding hydrogens is 588 g/mol. The third-order valence-corrected chi connectivity index (χ3v) is 26.8. The predicted molar refractivity (Wildman–Crippen MR) is 103 cm³/mol. The van der Waals surface area contributed by atoms with Crippen molar-refractivity contribution in [2.75, 3.05) is 23.0 Å². The molecule has 0 radical (unpaired) electrons. The zero-order chi connectivity index (χ0) is 13.4. The second kappa shape index (κ2) is 7.72. The van der Waals surface area contributed by atoms with E-state index < -0.39 is 0 Å². The molecule has 0 amide bonds. The fourth-order valence-electron chi connectivity index (χ4n) is 1.84. The molecule has 0 saturated heterocycles. The molecule has 4 aliphatic heterocycles. The average molecular weight is 600 g/mol. The van der Waals surface area contributed by atoms with Gasteiger partial charge in [0.2, 0.25) is 0 Å². The molecule has 0 aromatic rings. The molecule has 0 saturated carbocycles. The maximum atomic E-state index is 2.20. The minimum absolute atomic E-state index is 0.732. The molecule has 0 N–H and O–H groups in total. The second-order valence-corrected chi connectivity index (χ2v) is 22.2. The first-order chi connectivity index (χ1) is 9.90. The van der Waals surface area contributed by atoms with Crippen molar-refractivity contribution in [1.29, 1.82) is 0 Å². The summed E-state index contributed by atoms with van der Waals surface area (Å²) in [5, 5.41) is 0. The van der Waals surface area contributed by atoms with Crippen molar-refractivity contribution in [2.24, 2.45) is 0 Å². The van der Waals surface area contributed by atoms with Crippen molar-refractivity contribution in [2.45, 2.75) is 12.8 Å². The van der Waals surface area contributed by atoms with Crippen LogP contribution in [0.4, 0.5) is 0 Å². The molecule has 4 aliphatic rings. The zero-order valence-electron chi connectivity index (χ0n) is 10.5. The Morgan fingerprint density at radius 2 is 0.800 bits per heavy atom. The van der Waals surface area contributed by atoms with Crippen LogP contribution in [0.15, 0.2) is 22.0 Å². The SMILES string of the molecule is C1CSC2=C(SC1)[Se]C(=C1[Se]C3=C(SCCCS3)[Se]1)[Se]2. The van der Waals surface area contributed by atoms with E-state index in [2.05, 4.69) is 47.0 Å². The fraction of sp³-hybridized carbons (Fsp3) is 0.500. The normalized spacial score (nSPS) is 27.6. The third-order valence-electron chi connectivity index (χ3n) is 2.75. The van der Waals surface area contributed by atoms with Crippen LogP contribution in [-0.4, -0.2) is 82.8 Å². The van der Waals surface area contributed by atoms with Crippen molar-refractivity contribution in [1.82, 2.24) is 0 Å². The zero-order valence-corrected chi connectivity index (χ0v) is 20.6. The van der Waals surface area contributed by atoms with Gasteiger partial charge in [-0.1, -0.05) is 0 Å². The molecule has 0 nitrogen and oxygen atoms in total. The van der Waals surface area contributed by atoms with Gasteiger partial charge in [-0.15, -0.1) is 0 Å². The van der Waals surface area contributed by atoms with Gasteiger partial charge in [0.1, 0.15) is 0 Å². The summed E-state index contributed by atoms with van der Waals surface area (Å²) in [7, 11) is 0. The summed E-state index contributed by atoms with van der Waals surface area (Å²) in [5.41, 5.74) is 0. The molecule has 20 heavy (non-hydrogen) atoms. The molecule has 0 aliphatic carbocycles. The predicted octanol–water partition coefficient (Wildman–Crippen LogP) is 2.95. The van der Waals surface area contributed by atoms with Crippen LogP contribution in [0.3, 0.4) is 0 Å². The Morgan fingerprint density at radius 3 is 1.10 bits per heavy atom. The Morgan fingerprint density at radius 1 is 0.500 bits per heavy atom. The van der Waals surface area contributed by atoms with E-state index in [1.54, 1.807) is 0 Å². The van der Waals surface area contributed by atoms with Crippen LogP contribution in [0.25, 0.3) is 0 Å². The van der Waals surface area contributed by atoms with E-state index in [-0.39, 0.29) is 0 Å². The van der Waals surface area contributed by atoms with E-state index >= 15 is 0 Å². The van der Waals surface area contributed by atoms with Gasteiger partial charge in [0, 0.05) is 0 Å². The van der Waals surface area contributed by atoms with Crippen molar-refractivity contribution >= 4 is 107 Å². The maximum absolute atomic E-state index is 2.20.